The van der Waals surface area contributed by atoms with Gasteiger partial charge in [-0.1, -0.05) is 6.92 Å². The van der Waals surface area contributed by atoms with E-state index >= 15 is 0 Å². The predicted octanol–water partition coefficient (Wildman–Crippen LogP) is 2.64. The van der Waals surface area contributed by atoms with Crippen LogP contribution in [0.1, 0.15) is 36.5 Å². The van der Waals surface area contributed by atoms with Crippen molar-refractivity contribution in [3.05, 3.63) is 29.6 Å². The van der Waals surface area contributed by atoms with Gasteiger partial charge in [0.05, 0.1) is 16.6 Å². The number of fused-ring (bicyclic) bond motifs is 1. The lowest BCUT2D eigenvalue weighted by Crippen LogP contribution is -2.29. The van der Waals surface area contributed by atoms with Gasteiger partial charge in [-0.15, -0.1) is 0 Å². The van der Waals surface area contributed by atoms with E-state index in [0.717, 1.165) is 36.2 Å². The predicted molar refractivity (Wildman–Crippen MR) is 83.8 cm³/mol. The summed E-state index contributed by atoms with van der Waals surface area (Å²) in [4.78, 5) is 18.0. The van der Waals surface area contributed by atoms with Gasteiger partial charge >= 0.3 is 5.97 Å². The first kappa shape index (κ1) is 15.5. The summed E-state index contributed by atoms with van der Waals surface area (Å²) in [5, 5.41) is 9.18. The van der Waals surface area contributed by atoms with Crippen molar-refractivity contribution >= 4 is 17.0 Å². The van der Waals surface area contributed by atoms with Crippen LogP contribution in [-0.4, -0.2) is 45.7 Å². The van der Waals surface area contributed by atoms with Gasteiger partial charge in [0.2, 0.25) is 0 Å². The summed E-state index contributed by atoms with van der Waals surface area (Å²) < 4.78 is 2.16. The molecule has 2 rings (SSSR count). The van der Waals surface area contributed by atoms with E-state index in [4.69, 9.17) is 0 Å². The van der Waals surface area contributed by atoms with Crippen LogP contribution in [0.5, 0.6) is 0 Å². The second kappa shape index (κ2) is 6.26. The minimum absolute atomic E-state index is 0.309. The molecule has 5 nitrogen and oxygen atoms in total. The smallest absolute Gasteiger partial charge is 0.335 e. The van der Waals surface area contributed by atoms with Crippen molar-refractivity contribution in [2.24, 2.45) is 0 Å². The molecule has 1 N–H and O–H groups in total. The van der Waals surface area contributed by atoms with Crippen LogP contribution in [0.2, 0.25) is 0 Å². The standard InChI is InChI=1S/C16H23N3O2/c1-5-6-15-17-13-8-7-12(16(20)21)9-14(13)19(15)10-11(2)18(3)4/h7-9,11H,5-6,10H2,1-4H3,(H,20,21). The minimum atomic E-state index is -0.901. The van der Waals surface area contributed by atoms with E-state index in [1.807, 2.05) is 14.1 Å². The van der Waals surface area contributed by atoms with Crippen molar-refractivity contribution in [3.63, 3.8) is 0 Å². The van der Waals surface area contributed by atoms with Crippen molar-refractivity contribution in [2.45, 2.75) is 39.3 Å². The number of aromatic carboxylic acids is 1. The molecule has 5 heteroatoms. The number of rotatable bonds is 6. The van der Waals surface area contributed by atoms with Gasteiger partial charge in [-0.05, 0) is 45.6 Å². The van der Waals surface area contributed by atoms with Crippen LogP contribution in [0.25, 0.3) is 11.0 Å². The highest BCUT2D eigenvalue weighted by Crippen LogP contribution is 2.20. The lowest BCUT2D eigenvalue weighted by atomic mass is 10.2. The van der Waals surface area contributed by atoms with E-state index in [1.54, 1.807) is 18.2 Å². The van der Waals surface area contributed by atoms with Gasteiger partial charge < -0.3 is 14.6 Å². The fraction of sp³-hybridized carbons (Fsp3) is 0.500. The Bertz CT molecular complexity index is 646. The Balaban J connectivity index is 2.53. The largest absolute Gasteiger partial charge is 0.478 e. The molecule has 0 spiro atoms. The molecule has 1 atom stereocenters. The molecule has 0 saturated carbocycles. The third kappa shape index (κ3) is 3.24. The number of carboxylic acid groups (broad SMARTS) is 1. The molecule has 1 heterocycles. The average Bonchev–Trinajstić information content (AvgIpc) is 2.76. The first-order chi connectivity index (χ1) is 9.93. The summed E-state index contributed by atoms with van der Waals surface area (Å²) in [5.41, 5.74) is 2.09. The molecule has 0 aliphatic carbocycles. The number of hydrogen-bond acceptors (Lipinski definition) is 3. The summed E-state index contributed by atoms with van der Waals surface area (Å²) in [6, 6.07) is 5.50. The maximum absolute atomic E-state index is 11.2. The van der Waals surface area contributed by atoms with Gasteiger partial charge in [0.1, 0.15) is 5.82 Å². The Morgan fingerprint density at radius 3 is 2.71 bits per heavy atom. The van der Waals surface area contributed by atoms with Crippen molar-refractivity contribution < 1.29 is 9.90 Å². The van der Waals surface area contributed by atoms with Crippen LogP contribution < -0.4 is 0 Å². The SMILES string of the molecule is CCCc1nc2ccc(C(=O)O)cc2n1CC(C)N(C)C. The maximum atomic E-state index is 11.2. The zero-order chi connectivity index (χ0) is 15.6. The van der Waals surface area contributed by atoms with Gasteiger partial charge in [0.15, 0.2) is 0 Å². The second-order valence-corrected chi connectivity index (χ2v) is 5.71. The van der Waals surface area contributed by atoms with Crippen molar-refractivity contribution in [1.82, 2.24) is 14.5 Å². The summed E-state index contributed by atoms with van der Waals surface area (Å²) in [6.45, 7) is 5.09. The zero-order valence-corrected chi connectivity index (χ0v) is 13.1. The molecular weight excluding hydrogens is 266 g/mol. The number of carbonyl (C=O) groups is 1. The van der Waals surface area contributed by atoms with Crippen molar-refractivity contribution in [3.8, 4) is 0 Å². The Hall–Kier alpha value is -1.88. The summed E-state index contributed by atoms with van der Waals surface area (Å²) in [7, 11) is 4.10. The molecule has 1 aromatic carbocycles. The maximum Gasteiger partial charge on any atom is 0.335 e. The number of aromatic nitrogens is 2. The number of benzene rings is 1. The Morgan fingerprint density at radius 1 is 1.43 bits per heavy atom. The summed E-state index contributed by atoms with van der Waals surface area (Å²) in [5.74, 6) is 0.131. The lowest BCUT2D eigenvalue weighted by molar-refractivity contribution is 0.0697. The highest BCUT2D eigenvalue weighted by atomic mass is 16.4. The Morgan fingerprint density at radius 2 is 2.14 bits per heavy atom. The number of nitrogens with zero attached hydrogens (tertiary/aromatic N) is 3. The van der Waals surface area contributed by atoms with E-state index in [-0.39, 0.29) is 0 Å². The van der Waals surface area contributed by atoms with E-state index in [0.29, 0.717) is 11.6 Å². The Labute approximate surface area is 125 Å². The zero-order valence-electron chi connectivity index (χ0n) is 13.1. The monoisotopic (exact) mass is 289 g/mol. The van der Waals surface area contributed by atoms with Gasteiger partial charge in [0.25, 0.3) is 0 Å². The minimum Gasteiger partial charge on any atom is -0.478 e. The van der Waals surface area contributed by atoms with Crippen LogP contribution in [-0.2, 0) is 13.0 Å². The highest BCUT2D eigenvalue weighted by Gasteiger charge is 2.15. The fourth-order valence-electron chi connectivity index (χ4n) is 2.35. The van der Waals surface area contributed by atoms with Gasteiger partial charge in [-0.3, -0.25) is 0 Å². The lowest BCUT2D eigenvalue weighted by Gasteiger charge is -2.21. The first-order valence-corrected chi connectivity index (χ1v) is 7.33. The third-order valence-electron chi connectivity index (χ3n) is 3.88. The average molecular weight is 289 g/mol. The van der Waals surface area contributed by atoms with Gasteiger partial charge in [0, 0.05) is 19.0 Å². The number of carboxylic acids is 1. The molecule has 0 aliphatic rings. The number of hydrogen-bond donors (Lipinski definition) is 1. The number of aryl methyl sites for hydroxylation is 1. The molecule has 0 saturated heterocycles. The van der Waals surface area contributed by atoms with Crippen LogP contribution in [0.15, 0.2) is 18.2 Å². The number of imidazole rings is 1. The van der Waals surface area contributed by atoms with Crippen molar-refractivity contribution in [1.29, 1.82) is 0 Å². The van der Waals surface area contributed by atoms with Crippen LogP contribution >= 0.6 is 0 Å². The van der Waals surface area contributed by atoms with E-state index < -0.39 is 5.97 Å². The van der Waals surface area contributed by atoms with Crippen LogP contribution in [0, 0.1) is 0 Å². The molecule has 0 amide bonds. The molecular formula is C16H23N3O2. The summed E-state index contributed by atoms with van der Waals surface area (Å²) >= 11 is 0. The molecule has 1 unspecified atom stereocenters. The normalized spacial score (nSPS) is 13.0. The number of likely N-dealkylation sites (N-methyl/N-ethyl adjacent to an activating group) is 1. The Kier molecular flexibility index (Phi) is 4.63. The van der Waals surface area contributed by atoms with Gasteiger partial charge in [-0.2, -0.15) is 0 Å². The molecule has 0 radical (unpaired) electrons. The summed E-state index contributed by atoms with van der Waals surface area (Å²) in [6.07, 6.45) is 1.92. The topological polar surface area (TPSA) is 58.4 Å². The van der Waals surface area contributed by atoms with Crippen LogP contribution in [0.4, 0.5) is 0 Å². The molecule has 21 heavy (non-hydrogen) atoms. The van der Waals surface area contributed by atoms with E-state index in [9.17, 15) is 9.90 Å². The van der Waals surface area contributed by atoms with E-state index in [1.165, 1.54) is 0 Å². The third-order valence-corrected chi connectivity index (χ3v) is 3.88. The molecule has 2 aromatic rings. The molecule has 114 valence electrons. The second-order valence-electron chi connectivity index (χ2n) is 5.71. The first-order valence-electron chi connectivity index (χ1n) is 7.33. The quantitative estimate of drug-likeness (QED) is 0.888. The van der Waals surface area contributed by atoms with Crippen LogP contribution in [0.3, 0.4) is 0 Å². The van der Waals surface area contributed by atoms with Gasteiger partial charge in [-0.25, -0.2) is 9.78 Å². The molecule has 1 aromatic heterocycles. The highest BCUT2D eigenvalue weighted by molar-refractivity contribution is 5.92. The molecule has 0 bridgehead atoms. The van der Waals surface area contributed by atoms with E-state index in [2.05, 4.69) is 28.3 Å². The fourth-order valence-corrected chi connectivity index (χ4v) is 2.35. The molecule has 0 aliphatic heterocycles. The van der Waals surface area contributed by atoms with Crippen molar-refractivity contribution in [2.75, 3.05) is 14.1 Å². The molecule has 0 fully saturated rings.